The number of rotatable bonds is 3. The van der Waals surface area contributed by atoms with Gasteiger partial charge in [0, 0.05) is 6.55 Å². The molecule has 0 amide bonds. The maximum absolute atomic E-state index is 8.61. The quantitative estimate of drug-likeness (QED) is 0.496. The van der Waals surface area contributed by atoms with Crippen molar-refractivity contribution in [3.05, 3.63) is 12.3 Å². The molecule has 0 spiro atoms. The van der Waals surface area contributed by atoms with E-state index in [1.165, 1.54) is 6.55 Å². The maximum Gasteiger partial charge on any atom is 0.481 e. The minimum absolute atomic E-state index is 0.857. The van der Waals surface area contributed by atoms with Gasteiger partial charge in [-0.2, -0.15) is 0 Å². The van der Waals surface area contributed by atoms with Crippen molar-refractivity contribution in [2.24, 2.45) is 0 Å². The number of hydrogen-bond donors (Lipinski definition) is 2. The van der Waals surface area contributed by atoms with Gasteiger partial charge in [-0.05, 0) is 0 Å². The zero-order valence-corrected chi connectivity index (χ0v) is 7.21. The Morgan fingerprint density at radius 1 is 1.75 bits per heavy atom. The monoisotopic (exact) mass is 150 g/mol. The van der Waals surface area contributed by atoms with Crippen LogP contribution < -0.4 is 0 Å². The Kier molecular flexibility index (Phi) is 3.17. The van der Waals surface area contributed by atoms with Crippen LogP contribution in [0.5, 0.6) is 0 Å². The van der Waals surface area contributed by atoms with E-state index in [9.17, 15) is 0 Å². The van der Waals surface area contributed by atoms with Crippen LogP contribution in [-0.4, -0.2) is 28.2 Å². The fourth-order valence-corrected chi connectivity index (χ4v) is 1.95. The van der Waals surface area contributed by atoms with E-state index in [2.05, 4.69) is 10.7 Å². The van der Waals surface area contributed by atoms with Crippen molar-refractivity contribution < 1.29 is 13.7 Å². The predicted molar refractivity (Wildman–Crippen MR) is 35.9 cm³/mol. The molecule has 0 aliphatic rings. The first kappa shape index (κ1) is 8.05. The molecule has 0 aromatic rings. The van der Waals surface area contributed by atoms with Crippen molar-refractivity contribution in [3.8, 4) is 0 Å². The molecule has 0 rings (SSSR count). The fraction of sp³-hybridized carbons (Fsp3) is 0.333. The molecule has 0 aromatic heterocycles. The van der Waals surface area contributed by atoms with Crippen LogP contribution in [0.4, 0.5) is 0 Å². The van der Waals surface area contributed by atoms with Crippen molar-refractivity contribution in [2.75, 3.05) is 0 Å². The summed E-state index contributed by atoms with van der Waals surface area (Å²) in [5.74, 6) is 0. The van der Waals surface area contributed by atoms with E-state index in [-0.39, 0.29) is 0 Å². The lowest BCUT2D eigenvalue weighted by Crippen LogP contribution is -2.35. The lowest BCUT2D eigenvalue weighted by Gasteiger charge is -2.09. The van der Waals surface area contributed by atoms with Crippen LogP contribution >= 0.6 is 0 Å². The van der Waals surface area contributed by atoms with E-state index >= 15 is 0 Å². The molecule has 0 fully saturated rings. The van der Waals surface area contributed by atoms with Crippen molar-refractivity contribution in [1.29, 1.82) is 0 Å². The minimum atomic E-state index is -3.19. The average Bonchev–Trinajstić information content (AvgIpc) is 1.59. The van der Waals surface area contributed by atoms with Crippen LogP contribution in [0.25, 0.3) is 0 Å². The minimum Gasteiger partial charge on any atom is -0.418 e. The highest BCUT2D eigenvalue weighted by atomic mass is 28.4. The van der Waals surface area contributed by atoms with Gasteiger partial charge in [-0.25, -0.2) is 0 Å². The summed E-state index contributed by atoms with van der Waals surface area (Å²) in [5.41, 5.74) is 1.61. The molecule has 0 saturated carbocycles. The molecule has 0 unspecified atom stereocenters. The van der Waals surface area contributed by atoms with Gasteiger partial charge in [-0.3, -0.25) is 0 Å². The summed E-state index contributed by atoms with van der Waals surface area (Å²) < 4.78 is 4.65. The Hall–Kier alpha value is 0.0538. The van der Waals surface area contributed by atoms with E-state index in [1.54, 1.807) is 5.70 Å². The van der Waals surface area contributed by atoms with Crippen LogP contribution in [0.15, 0.2) is 12.3 Å². The summed E-state index contributed by atoms with van der Waals surface area (Å²) in [6, 6.07) is 0. The van der Waals surface area contributed by atoms with E-state index in [4.69, 9.17) is 9.59 Å². The van der Waals surface area contributed by atoms with Gasteiger partial charge in [0.05, 0.1) is 0 Å². The molecule has 0 aliphatic heterocycles. The summed E-state index contributed by atoms with van der Waals surface area (Å²) in [4.78, 5) is 17.2. The molecule has 8 heavy (non-hydrogen) atoms. The summed E-state index contributed by atoms with van der Waals surface area (Å²) >= 11 is 0. The second-order valence-corrected chi connectivity index (χ2v) is 5.47. The van der Waals surface area contributed by atoms with Gasteiger partial charge >= 0.3 is 8.80 Å². The Labute approximate surface area is 51.9 Å². The molecule has 0 heterocycles. The summed E-state index contributed by atoms with van der Waals surface area (Å²) in [5, 5.41) is 0. The second-order valence-electron chi connectivity index (χ2n) is 1.53. The van der Waals surface area contributed by atoms with Crippen LogP contribution in [0, 0.1) is 0 Å². The fourth-order valence-electron chi connectivity index (χ4n) is 0.217. The zero-order valence-electron chi connectivity index (χ0n) is 4.79. The molecule has 3 nitrogen and oxygen atoms in total. The molecule has 0 aromatic carbocycles. The highest BCUT2D eigenvalue weighted by Gasteiger charge is 2.21. The zero-order chi connectivity index (χ0) is 6.62. The Morgan fingerprint density at radius 2 is 2.25 bits per heavy atom. The standard InChI is InChI=1S/C3H10O3Si2/c1-3-7-6-8(2,4)5/h3-5H,1,7H2,2H3. The Balaban J connectivity index is 3.24. The Morgan fingerprint density at radius 3 is 2.38 bits per heavy atom. The van der Waals surface area contributed by atoms with Crippen LogP contribution in [-0.2, 0) is 4.12 Å². The van der Waals surface area contributed by atoms with Crippen LogP contribution in [0.3, 0.4) is 0 Å². The van der Waals surface area contributed by atoms with Crippen molar-refractivity contribution in [3.63, 3.8) is 0 Å². The van der Waals surface area contributed by atoms with Gasteiger partial charge in [0.1, 0.15) is 0 Å². The second kappa shape index (κ2) is 3.15. The van der Waals surface area contributed by atoms with Crippen LogP contribution in [0.2, 0.25) is 6.55 Å². The average molecular weight is 150 g/mol. The van der Waals surface area contributed by atoms with Gasteiger partial charge in [-0.1, -0.05) is 5.70 Å². The van der Waals surface area contributed by atoms with Crippen molar-refractivity contribution in [1.82, 2.24) is 0 Å². The predicted octanol–water partition coefficient (Wildman–Crippen LogP) is -1.22. The maximum atomic E-state index is 8.61. The van der Waals surface area contributed by atoms with Gasteiger partial charge in [-0.15, -0.1) is 6.58 Å². The summed E-state index contributed by atoms with van der Waals surface area (Å²) in [6.45, 7) is 4.71. The molecular formula is C3H10O3Si2. The van der Waals surface area contributed by atoms with E-state index in [1.807, 2.05) is 0 Å². The summed E-state index contributed by atoms with van der Waals surface area (Å²) in [7, 11) is -4.04. The topological polar surface area (TPSA) is 49.7 Å². The SMILES string of the molecule is C=C[SiH2]O[Si](C)(O)O. The third-order valence-corrected chi connectivity index (χ3v) is 3.56. The van der Waals surface area contributed by atoms with Crippen molar-refractivity contribution >= 4 is 18.6 Å². The molecule has 0 atom stereocenters. The van der Waals surface area contributed by atoms with Gasteiger partial charge < -0.3 is 13.7 Å². The molecular weight excluding hydrogens is 140 g/mol. The molecule has 48 valence electrons. The molecule has 0 bridgehead atoms. The largest absolute Gasteiger partial charge is 0.481 e. The first-order valence-electron chi connectivity index (χ1n) is 2.26. The Bertz CT molecular complexity index is 77.1. The van der Waals surface area contributed by atoms with Gasteiger partial charge in [0.2, 0.25) is 0 Å². The van der Waals surface area contributed by atoms with Crippen LogP contribution in [0.1, 0.15) is 0 Å². The molecule has 0 aliphatic carbocycles. The van der Waals surface area contributed by atoms with E-state index in [0.717, 1.165) is 0 Å². The third-order valence-electron chi connectivity index (χ3n) is 0.475. The lowest BCUT2D eigenvalue weighted by molar-refractivity contribution is 0.257. The molecule has 0 saturated heterocycles. The normalized spacial score (nSPS) is 12.9. The third kappa shape index (κ3) is 6.05. The van der Waals surface area contributed by atoms with Gasteiger partial charge in [0.25, 0.3) is 0 Å². The lowest BCUT2D eigenvalue weighted by atomic mass is 11.3. The van der Waals surface area contributed by atoms with Gasteiger partial charge in [0.15, 0.2) is 9.76 Å². The van der Waals surface area contributed by atoms with E-state index < -0.39 is 18.6 Å². The van der Waals surface area contributed by atoms with E-state index in [0.29, 0.717) is 0 Å². The highest BCUT2D eigenvalue weighted by molar-refractivity contribution is 6.63. The first-order valence-corrected chi connectivity index (χ1v) is 5.95. The first-order chi connectivity index (χ1) is 3.56. The molecule has 5 heteroatoms. The number of hydrogen-bond acceptors (Lipinski definition) is 3. The highest BCUT2D eigenvalue weighted by Crippen LogP contribution is 1.89. The molecule has 2 N–H and O–H groups in total. The van der Waals surface area contributed by atoms with Crippen molar-refractivity contribution in [2.45, 2.75) is 6.55 Å². The molecule has 0 radical (unpaired) electrons. The smallest absolute Gasteiger partial charge is 0.418 e. The summed E-state index contributed by atoms with van der Waals surface area (Å²) in [6.07, 6.45) is 0.